The maximum atomic E-state index is 11.0. The van der Waals surface area contributed by atoms with Crippen LogP contribution in [0.5, 0.6) is 0 Å². The average molecular weight is 267 g/mol. The lowest BCUT2D eigenvalue weighted by Crippen LogP contribution is -2.28. The molecular formula is C11H11ClN4O2. The molecule has 2 rings (SSSR count). The van der Waals surface area contributed by atoms with Gasteiger partial charge in [-0.15, -0.1) is 0 Å². The summed E-state index contributed by atoms with van der Waals surface area (Å²) in [5.41, 5.74) is -0.0655. The molecule has 94 valence electrons. The summed E-state index contributed by atoms with van der Waals surface area (Å²) in [6.07, 6.45) is 2.25. The quantitative estimate of drug-likeness (QED) is 0.464. The summed E-state index contributed by atoms with van der Waals surface area (Å²) in [6.45, 7) is 0.440. The van der Waals surface area contributed by atoms with Crippen LogP contribution >= 0.6 is 11.6 Å². The number of nitriles is 1. The van der Waals surface area contributed by atoms with Crippen LogP contribution in [0.25, 0.3) is 0 Å². The number of aromatic nitrogens is 1. The zero-order valence-electron chi connectivity index (χ0n) is 9.54. The number of hydrogen-bond acceptors (Lipinski definition) is 5. The van der Waals surface area contributed by atoms with Gasteiger partial charge in [-0.1, -0.05) is 11.6 Å². The van der Waals surface area contributed by atoms with Gasteiger partial charge < -0.3 is 4.90 Å². The topological polar surface area (TPSA) is 83.1 Å². The fourth-order valence-electron chi connectivity index (χ4n) is 1.79. The molecule has 0 bridgehead atoms. The van der Waals surface area contributed by atoms with E-state index in [0.29, 0.717) is 13.0 Å². The van der Waals surface area contributed by atoms with E-state index in [-0.39, 0.29) is 22.7 Å². The summed E-state index contributed by atoms with van der Waals surface area (Å²) in [4.78, 5) is 16.4. The molecule has 7 heteroatoms. The first-order valence-corrected chi connectivity index (χ1v) is 5.96. The molecule has 6 nitrogen and oxygen atoms in total. The van der Waals surface area contributed by atoms with E-state index >= 15 is 0 Å². The van der Waals surface area contributed by atoms with Crippen LogP contribution in [0.2, 0.25) is 5.15 Å². The van der Waals surface area contributed by atoms with E-state index in [2.05, 4.69) is 4.98 Å². The zero-order chi connectivity index (χ0) is 13.1. The second-order valence-electron chi connectivity index (χ2n) is 4.07. The molecule has 1 aliphatic carbocycles. The average Bonchev–Trinajstić information content (AvgIpc) is 3.13. The van der Waals surface area contributed by atoms with Crippen LogP contribution in [0.4, 0.5) is 11.5 Å². The highest BCUT2D eigenvalue weighted by Crippen LogP contribution is 2.36. The second-order valence-corrected chi connectivity index (χ2v) is 4.45. The van der Waals surface area contributed by atoms with Crippen LogP contribution < -0.4 is 4.90 Å². The molecule has 1 aromatic heterocycles. The van der Waals surface area contributed by atoms with Crippen molar-refractivity contribution in [2.75, 3.05) is 11.4 Å². The van der Waals surface area contributed by atoms with Crippen molar-refractivity contribution >= 4 is 23.1 Å². The molecule has 0 spiro atoms. The zero-order valence-corrected chi connectivity index (χ0v) is 10.3. The molecule has 0 aliphatic heterocycles. The standard InChI is InChI=1S/C11H11ClN4O2/c12-10-5-4-9(16(17)18)11(14-10)15(7-1-6-13)8-2-3-8/h4-5,8H,1-3,7H2. The molecule has 0 radical (unpaired) electrons. The predicted molar refractivity (Wildman–Crippen MR) is 66.5 cm³/mol. The number of rotatable bonds is 5. The lowest BCUT2D eigenvalue weighted by atomic mass is 10.3. The Morgan fingerprint density at radius 2 is 2.33 bits per heavy atom. The summed E-state index contributed by atoms with van der Waals surface area (Å²) in [5, 5.41) is 19.8. The van der Waals surface area contributed by atoms with Gasteiger partial charge in [0, 0.05) is 18.7 Å². The first-order valence-electron chi connectivity index (χ1n) is 5.58. The fraction of sp³-hybridized carbons (Fsp3) is 0.455. The molecule has 1 fully saturated rings. The van der Waals surface area contributed by atoms with Crippen molar-refractivity contribution in [3.8, 4) is 6.07 Å². The number of nitro groups is 1. The van der Waals surface area contributed by atoms with E-state index in [1.54, 1.807) is 0 Å². The predicted octanol–water partition coefficient (Wildman–Crippen LogP) is 2.53. The summed E-state index contributed by atoms with van der Waals surface area (Å²) in [7, 11) is 0. The summed E-state index contributed by atoms with van der Waals surface area (Å²) >= 11 is 5.80. The maximum absolute atomic E-state index is 11.0. The highest BCUT2D eigenvalue weighted by Gasteiger charge is 2.33. The Labute approximate surface area is 109 Å². The second kappa shape index (κ2) is 5.19. The lowest BCUT2D eigenvalue weighted by Gasteiger charge is -2.21. The van der Waals surface area contributed by atoms with Crippen LogP contribution in [0, 0.1) is 21.4 Å². The van der Waals surface area contributed by atoms with Crippen molar-refractivity contribution in [1.29, 1.82) is 5.26 Å². The van der Waals surface area contributed by atoms with Gasteiger partial charge in [0.1, 0.15) is 5.15 Å². The Morgan fingerprint density at radius 1 is 1.61 bits per heavy atom. The van der Waals surface area contributed by atoms with Gasteiger partial charge in [-0.2, -0.15) is 5.26 Å². The van der Waals surface area contributed by atoms with Crippen molar-refractivity contribution in [1.82, 2.24) is 4.98 Å². The van der Waals surface area contributed by atoms with Gasteiger partial charge in [0.25, 0.3) is 0 Å². The lowest BCUT2D eigenvalue weighted by molar-refractivity contribution is -0.384. The highest BCUT2D eigenvalue weighted by atomic mass is 35.5. The first-order chi connectivity index (χ1) is 8.63. The molecule has 1 saturated carbocycles. The Bertz CT molecular complexity index is 510. The largest absolute Gasteiger partial charge is 0.347 e. The molecule has 0 aromatic carbocycles. The van der Waals surface area contributed by atoms with E-state index in [9.17, 15) is 10.1 Å². The minimum Gasteiger partial charge on any atom is -0.347 e. The summed E-state index contributed by atoms with van der Waals surface area (Å²) in [6, 6.07) is 5.04. The van der Waals surface area contributed by atoms with Crippen molar-refractivity contribution in [3.05, 3.63) is 27.4 Å². The number of nitrogens with zero attached hydrogens (tertiary/aromatic N) is 4. The molecular weight excluding hydrogens is 256 g/mol. The molecule has 1 aromatic rings. The van der Waals surface area contributed by atoms with Gasteiger partial charge in [0.05, 0.1) is 17.4 Å². The van der Waals surface area contributed by atoms with E-state index in [4.69, 9.17) is 16.9 Å². The normalized spacial score (nSPS) is 14.0. The van der Waals surface area contributed by atoms with Crippen LogP contribution in [0.1, 0.15) is 19.3 Å². The third-order valence-corrected chi connectivity index (χ3v) is 2.95. The van der Waals surface area contributed by atoms with Gasteiger partial charge in [-0.25, -0.2) is 4.98 Å². The Kier molecular flexibility index (Phi) is 3.63. The smallest absolute Gasteiger partial charge is 0.311 e. The van der Waals surface area contributed by atoms with Crippen molar-refractivity contribution in [2.45, 2.75) is 25.3 Å². The molecule has 18 heavy (non-hydrogen) atoms. The molecule has 1 heterocycles. The van der Waals surface area contributed by atoms with Gasteiger partial charge >= 0.3 is 5.69 Å². The molecule has 1 aliphatic rings. The minimum absolute atomic E-state index is 0.0655. The number of pyridine rings is 1. The van der Waals surface area contributed by atoms with E-state index in [1.807, 2.05) is 11.0 Å². The van der Waals surface area contributed by atoms with Crippen LogP contribution in [-0.4, -0.2) is 22.5 Å². The fourth-order valence-corrected chi connectivity index (χ4v) is 1.93. The number of hydrogen-bond donors (Lipinski definition) is 0. The van der Waals surface area contributed by atoms with Gasteiger partial charge in [-0.3, -0.25) is 10.1 Å². The third-order valence-electron chi connectivity index (χ3n) is 2.74. The van der Waals surface area contributed by atoms with Crippen LogP contribution in [0.3, 0.4) is 0 Å². The van der Waals surface area contributed by atoms with Crippen molar-refractivity contribution in [2.24, 2.45) is 0 Å². The third kappa shape index (κ3) is 2.68. The molecule has 0 atom stereocenters. The SMILES string of the molecule is N#CCCN(c1nc(Cl)ccc1[N+](=O)[O-])C1CC1. The molecule has 0 saturated heterocycles. The van der Waals surface area contributed by atoms with E-state index in [0.717, 1.165) is 12.8 Å². The van der Waals surface area contributed by atoms with Crippen LogP contribution in [0.15, 0.2) is 12.1 Å². The van der Waals surface area contributed by atoms with Crippen molar-refractivity contribution < 1.29 is 4.92 Å². The number of halogens is 1. The Morgan fingerprint density at radius 3 is 2.89 bits per heavy atom. The monoisotopic (exact) mass is 266 g/mol. The molecule has 0 amide bonds. The first kappa shape index (κ1) is 12.6. The van der Waals surface area contributed by atoms with E-state index < -0.39 is 4.92 Å². The van der Waals surface area contributed by atoms with E-state index in [1.165, 1.54) is 12.1 Å². The number of anilines is 1. The Hall–Kier alpha value is -1.87. The van der Waals surface area contributed by atoms with Crippen LogP contribution in [-0.2, 0) is 0 Å². The van der Waals surface area contributed by atoms with Gasteiger partial charge in [0.15, 0.2) is 0 Å². The Balaban J connectivity index is 2.36. The summed E-state index contributed by atoms with van der Waals surface area (Å²) < 4.78 is 0. The van der Waals surface area contributed by atoms with Gasteiger partial charge in [-0.05, 0) is 18.9 Å². The minimum atomic E-state index is -0.472. The van der Waals surface area contributed by atoms with Gasteiger partial charge in [0.2, 0.25) is 5.82 Å². The molecule has 0 unspecified atom stereocenters. The highest BCUT2D eigenvalue weighted by molar-refractivity contribution is 6.29. The molecule has 0 N–H and O–H groups in total. The van der Waals surface area contributed by atoms with Crippen molar-refractivity contribution in [3.63, 3.8) is 0 Å². The maximum Gasteiger partial charge on any atom is 0.311 e. The summed E-state index contributed by atoms with van der Waals surface area (Å²) in [5.74, 6) is 0.269.